The van der Waals surface area contributed by atoms with E-state index in [1.54, 1.807) is 0 Å². The summed E-state index contributed by atoms with van der Waals surface area (Å²) in [6, 6.07) is 1.22. The zero-order valence-corrected chi connectivity index (χ0v) is 11.1. The zero-order valence-electron chi connectivity index (χ0n) is 10.3. The third kappa shape index (κ3) is 2.42. The number of carbonyl (C=O) groups excluding carboxylic acids is 1. The third-order valence-corrected chi connectivity index (χ3v) is 3.22. The van der Waals surface area contributed by atoms with Crippen molar-refractivity contribution in [2.75, 3.05) is 7.11 Å². The third-order valence-electron chi connectivity index (χ3n) is 2.91. The van der Waals surface area contributed by atoms with E-state index in [4.69, 9.17) is 17.3 Å². The number of esters is 1. The van der Waals surface area contributed by atoms with E-state index in [1.807, 2.05) is 0 Å². The van der Waals surface area contributed by atoms with E-state index >= 15 is 0 Å². The van der Waals surface area contributed by atoms with Crippen molar-refractivity contribution in [3.8, 4) is 5.75 Å². The molecule has 0 saturated heterocycles. The van der Waals surface area contributed by atoms with Gasteiger partial charge in [0.1, 0.15) is 11.6 Å². The predicted molar refractivity (Wildman–Crippen MR) is 65.8 cm³/mol. The first-order valence-corrected chi connectivity index (χ1v) is 5.62. The van der Waals surface area contributed by atoms with Gasteiger partial charge in [-0.15, -0.1) is 0 Å². The van der Waals surface area contributed by atoms with Crippen LogP contribution in [0.25, 0.3) is 0 Å². The normalized spacial score (nSPS) is 13.2. The molecular weight excluding hydrogens is 261 g/mol. The topological polar surface area (TPSA) is 72.5 Å². The molecule has 1 rings (SSSR count). The van der Waals surface area contributed by atoms with Crippen LogP contribution in [0.15, 0.2) is 12.1 Å². The molecule has 0 saturated carbocycles. The lowest BCUT2D eigenvalue weighted by atomic mass is 9.80. The number of phenols is 1. The molecule has 0 heterocycles. The van der Waals surface area contributed by atoms with Gasteiger partial charge in [0.15, 0.2) is 0 Å². The Hall–Kier alpha value is -1.33. The van der Waals surface area contributed by atoms with E-state index in [0.29, 0.717) is 0 Å². The van der Waals surface area contributed by atoms with Gasteiger partial charge >= 0.3 is 5.97 Å². The second-order valence-electron chi connectivity index (χ2n) is 4.48. The highest BCUT2D eigenvalue weighted by molar-refractivity contribution is 6.32. The van der Waals surface area contributed by atoms with Gasteiger partial charge < -0.3 is 15.6 Å². The Morgan fingerprint density at radius 2 is 2.11 bits per heavy atom. The molecule has 0 spiro atoms. The minimum atomic E-state index is -1.20. The number of rotatable bonds is 3. The summed E-state index contributed by atoms with van der Waals surface area (Å²) in [5, 5.41) is 9.74. The van der Waals surface area contributed by atoms with Crippen molar-refractivity contribution in [3.05, 3.63) is 28.5 Å². The molecule has 1 aromatic carbocycles. The zero-order chi connectivity index (χ0) is 14.1. The molecule has 0 aliphatic heterocycles. The minimum absolute atomic E-state index is 0.0254. The lowest BCUT2D eigenvalue weighted by Gasteiger charge is -2.29. The average Bonchev–Trinajstić information content (AvgIpc) is 2.33. The number of aromatic hydroxyl groups is 1. The van der Waals surface area contributed by atoms with E-state index in [2.05, 4.69) is 4.74 Å². The summed E-state index contributed by atoms with van der Waals surface area (Å²) in [6.45, 7) is 3.01. The van der Waals surface area contributed by atoms with Gasteiger partial charge in [-0.05, 0) is 26.0 Å². The number of carbonyl (C=O) groups is 1. The summed E-state index contributed by atoms with van der Waals surface area (Å²) in [7, 11) is 1.21. The Labute approximate surface area is 109 Å². The molecular formula is C12H15ClFNO3. The van der Waals surface area contributed by atoms with Crippen LogP contribution in [0.5, 0.6) is 5.75 Å². The lowest BCUT2D eigenvalue weighted by molar-refractivity contribution is -0.152. The van der Waals surface area contributed by atoms with Crippen molar-refractivity contribution in [2.24, 2.45) is 11.1 Å². The summed E-state index contributed by atoms with van der Waals surface area (Å²) in [5.41, 5.74) is 4.47. The van der Waals surface area contributed by atoms with Gasteiger partial charge in [0.25, 0.3) is 0 Å². The number of hydrogen-bond acceptors (Lipinski definition) is 4. The van der Waals surface area contributed by atoms with Crippen LogP contribution in [0.2, 0.25) is 5.02 Å². The fraction of sp³-hybridized carbons (Fsp3) is 0.417. The highest BCUT2D eigenvalue weighted by Crippen LogP contribution is 2.40. The van der Waals surface area contributed by atoms with Crippen LogP contribution >= 0.6 is 11.6 Å². The van der Waals surface area contributed by atoms with Gasteiger partial charge in [-0.2, -0.15) is 0 Å². The maximum Gasteiger partial charge on any atom is 0.313 e. The molecule has 0 aromatic heterocycles. The van der Waals surface area contributed by atoms with Crippen molar-refractivity contribution in [1.29, 1.82) is 0 Å². The summed E-state index contributed by atoms with van der Waals surface area (Å²) < 4.78 is 18.3. The number of halogens is 2. The molecule has 1 atom stereocenters. The molecule has 3 N–H and O–H groups in total. The van der Waals surface area contributed by atoms with Crippen molar-refractivity contribution in [1.82, 2.24) is 0 Å². The highest BCUT2D eigenvalue weighted by Gasteiger charge is 2.39. The van der Waals surface area contributed by atoms with Crippen LogP contribution in [-0.4, -0.2) is 18.2 Å². The van der Waals surface area contributed by atoms with Gasteiger partial charge in [0, 0.05) is 5.56 Å². The quantitative estimate of drug-likeness (QED) is 0.831. The first-order chi connectivity index (χ1) is 8.23. The summed E-state index contributed by atoms with van der Waals surface area (Å²) in [4.78, 5) is 11.6. The second kappa shape index (κ2) is 5.12. The molecule has 4 nitrogen and oxygen atoms in total. The number of nitrogens with two attached hydrogens (primary N) is 1. The second-order valence-corrected chi connectivity index (χ2v) is 4.89. The van der Waals surface area contributed by atoms with Crippen LogP contribution in [0.4, 0.5) is 4.39 Å². The maximum atomic E-state index is 13.7. The number of phenolic OH excluding ortho intramolecular Hbond substituents is 1. The van der Waals surface area contributed by atoms with Crippen LogP contribution in [0.3, 0.4) is 0 Å². The summed E-state index contributed by atoms with van der Waals surface area (Å²) in [5.74, 6) is -1.78. The molecule has 0 amide bonds. The highest BCUT2D eigenvalue weighted by atomic mass is 35.5. The standard InChI is InChI=1S/C12H15ClFNO3/c1-12(2,11(17)18-3)10(15)8-7(14)5-4-6(13)9(8)16/h4-5,10,16H,15H2,1-3H3/t10-/m1/s1. The van der Waals surface area contributed by atoms with Crippen LogP contribution in [0, 0.1) is 11.2 Å². The smallest absolute Gasteiger partial charge is 0.313 e. The number of ether oxygens (including phenoxy) is 1. The van der Waals surface area contributed by atoms with E-state index in [1.165, 1.54) is 27.0 Å². The van der Waals surface area contributed by atoms with E-state index < -0.39 is 29.0 Å². The first kappa shape index (κ1) is 14.7. The average molecular weight is 276 g/mol. The van der Waals surface area contributed by atoms with E-state index in [9.17, 15) is 14.3 Å². The van der Waals surface area contributed by atoms with Gasteiger partial charge in [0.05, 0.1) is 23.6 Å². The predicted octanol–water partition coefficient (Wildman–Crippen LogP) is 2.38. The maximum absolute atomic E-state index is 13.7. The number of methoxy groups -OCH3 is 1. The summed E-state index contributed by atoms with van der Waals surface area (Å²) >= 11 is 5.71. The van der Waals surface area contributed by atoms with Crippen LogP contribution in [0.1, 0.15) is 25.5 Å². The fourth-order valence-electron chi connectivity index (χ4n) is 1.60. The number of benzene rings is 1. The molecule has 0 radical (unpaired) electrons. The van der Waals surface area contributed by atoms with Crippen molar-refractivity contribution < 1.29 is 19.0 Å². The molecule has 0 fully saturated rings. The monoisotopic (exact) mass is 275 g/mol. The molecule has 100 valence electrons. The molecule has 0 aliphatic rings. The Balaban J connectivity index is 3.31. The molecule has 0 unspecified atom stereocenters. The van der Waals surface area contributed by atoms with Crippen LogP contribution in [-0.2, 0) is 9.53 Å². The molecule has 0 aliphatic carbocycles. The van der Waals surface area contributed by atoms with Crippen molar-refractivity contribution >= 4 is 17.6 Å². The Kier molecular flexibility index (Phi) is 4.19. The van der Waals surface area contributed by atoms with Gasteiger partial charge in [-0.25, -0.2) is 4.39 Å². The summed E-state index contributed by atoms with van der Waals surface area (Å²) in [6.07, 6.45) is 0. The molecule has 0 bridgehead atoms. The van der Waals surface area contributed by atoms with Gasteiger partial charge in [-0.1, -0.05) is 11.6 Å². The molecule has 18 heavy (non-hydrogen) atoms. The lowest BCUT2D eigenvalue weighted by Crippen LogP contribution is -2.38. The Morgan fingerprint density at radius 1 is 1.56 bits per heavy atom. The Morgan fingerprint density at radius 3 is 2.61 bits per heavy atom. The van der Waals surface area contributed by atoms with Crippen LogP contribution < -0.4 is 5.73 Å². The van der Waals surface area contributed by atoms with Crippen molar-refractivity contribution in [2.45, 2.75) is 19.9 Å². The molecule has 1 aromatic rings. The van der Waals surface area contributed by atoms with E-state index in [-0.39, 0.29) is 10.6 Å². The Bertz CT molecular complexity index is 477. The van der Waals surface area contributed by atoms with Gasteiger partial charge in [-0.3, -0.25) is 4.79 Å². The first-order valence-electron chi connectivity index (χ1n) is 5.24. The van der Waals surface area contributed by atoms with E-state index in [0.717, 1.165) is 6.07 Å². The largest absolute Gasteiger partial charge is 0.506 e. The van der Waals surface area contributed by atoms with Gasteiger partial charge in [0.2, 0.25) is 0 Å². The van der Waals surface area contributed by atoms with Crippen molar-refractivity contribution in [3.63, 3.8) is 0 Å². The fourth-order valence-corrected chi connectivity index (χ4v) is 1.77. The molecule has 6 heteroatoms. The SMILES string of the molecule is COC(=O)C(C)(C)[C@H](N)c1c(F)ccc(Cl)c1O. The number of hydrogen-bond donors (Lipinski definition) is 2. The minimum Gasteiger partial charge on any atom is -0.506 e.